The number of nitrogens with one attached hydrogen (secondary N) is 1. The Bertz CT molecular complexity index is 749. The molecule has 0 aromatic heterocycles. The fourth-order valence-corrected chi connectivity index (χ4v) is 1.85. The first-order valence-electron chi connectivity index (χ1n) is 6.52. The molecule has 1 amide bonds. The molecule has 1 N–H and O–H groups in total. The second kappa shape index (κ2) is 7.31. The third-order valence-corrected chi connectivity index (χ3v) is 2.87. The highest BCUT2D eigenvalue weighted by Gasteiger charge is 2.19. The van der Waals surface area contributed by atoms with Crippen LogP contribution in [-0.2, 0) is 6.61 Å². The highest BCUT2D eigenvalue weighted by molar-refractivity contribution is 5.95. The van der Waals surface area contributed by atoms with E-state index in [1.54, 1.807) is 12.1 Å². The first-order valence-corrected chi connectivity index (χ1v) is 6.52. The van der Waals surface area contributed by atoms with E-state index in [9.17, 15) is 18.0 Å². The summed E-state index contributed by atoms with van der Waals surface area (Å²) in [5, 5.41) is 10.4. The van der Waals surface area contributed by atoms with Crippen LogP contribution < -0.4 is 10.1 Å². The van der Waals surface area contributed by atoms with Crippen molar-refractivity contribution in [3.63, 3.8) is 0 Å². The third kappa shape index (κ3) is 4.23. The van der Waals surface area contributed by atoms with Crippen LogP contribution in [0.1, 0.15) is 15.9 Å². The maximum absolute atomic E-state index is 13.9. The Morgan fingerprint density at radius 1 is 1.17 bits per heavy atom. The quantitative estimate of drug-likeness (QED) is 0.862. The number of carbonyl (C=O) groups is 1. The van der Waals surface area contributed by atoms with Crippen molar-refractivity contribution in [3.05, 3.63) is 65.0 Å². The fourth-order valence-electron chi connectivity index (χ4n) is 1.85. The van der Waals surface area contributed by atoms with E-state index in [4.69, 9.17) is 10.00 Å². The molecule has 0 heterocycles. The Morgan fingerprint density at radius 2 is 1.87 bits per heavy atom. The first kappa shape index (κ1) is 16.4. The smallest absolute Gasteiger partial charge is 0.258 e. The number of nitrogens with zero attached hydrogens (tertiary/aromatic N) is 1. The Morgan fingerprint density at radius 3 is 2.48 bits per heavy atom. The molecule has 0 unspecified atom stereocenters. The van der Waals surface area contributed by atoms with Crippen LogP contribution in [0, 0.1) is 28.8 Å². The number of amides is 1. The number of benzene rings is 2. The number of ether oxygens (including phenoxy) is 1. The van der Waals surface area contributed by atoms with E-state index in [0.29, 0.717) is 5.56 Å². The lowest BCUT2D eigenvalue weighted by atomic mass is 10.1. The number of rotatable bonds is 5. The fraction of sp³-hybridized carbons (Fsp3) is 0.125. The van der Waals surface area contributed by atoms with Gasteiger partial charge in [-0.25, -0.2) is 13.2 Å². The highest BCUT2D eigenvalue weighted by Crippen LogP contribution is 2.21. The Labute approximate surface area is 130 Å². The normalized spacial score (nSPS) is 10.0. The van der Waals surface area contributed by atoms with Gasteiger partial charge in [0.1, 0.15) is 41.9 Å². The van der Waals surface area contributed by atoms with Gasteiger partial charge < -0.3 is 10.1 Å². The highest BCUT2D eigenvalue weighted by atomic mass is 19.1. The Hall–Kier alpha value is -3.01. The van der Waals surface area contributed by atoms with Crippen molar-refractivity contribution in [1.29, 1.82) is 5.26 Å². The minimum atomic E-state index is -1.12. The van der Waals surface area contributed by atoms with Crippen LogP contribution in [0.3, 0.4) is 0 Å². The maximum atomic E-state index is 13.9. The number of nitriles is 1. The zero-order valence-electron chi connectivity index (χ0n) is 11.8. The molecule has 0 bridgehead atoms. The second-order valence-electron chi connectivity index (χ2n) is 4.52. The zero-order valence-corrected chi connectivity index (χ0v) is 11.8. The average molecular weight is 320 g/mol. The van der Waals surface area contributed by atoms with Crippen molar-refractivity contribution < 1.29 is 22.7 Å². The SMILES string of the molecule is N#CCNC(=O)c1c(F)cc(OCc2cccc(F)c2)cc1F. The summed E-state index contributed by atoms with van der Waals surface area (Å²) in [5.41, 5.74) is -0.306. The summed E-state index contributed by atoms with van der Waals surface area (Å²) >= 11 is 0. The third-order valence-electron chi connectivity index (χ3n) is 2.87. The Kier molecular flexibility index (Phi) is 5.20. The van der Waals surface area contributed by atoms with Gasteiger partial charge in [-0.2, -0.15) is 5.26 Å². The number of carbonyl (C=O) groups excluding carboxylic acids is 1. The van der Waals surface area contributed by atoms with Gasteiger partial charge in [0.15, 0.2) is 0 Å². The standard InChI is InChI=1S/C16H11F3N2O2/c17-11-3-1-2-10(6-11)9-23-12-7-13(18)15(14(19)8-12)16(22)21-5-4-20/h1-3,6-8H,5,9H2,(H,21,22). The van der Waals surface area contributed by atoms with Crippen LogP contribution in [-0.4, -0.2) is 12.5 Å². The van der Waals surface area contributed by atoms with Gasteiger partial charge in [-0.15, -0.1) is 0 Å². The van der Waals surface area contributed by atoms with Gasteiger partial charge in [-0.1, -0.05) is 12.1 Å². The number of hydrogen-bond donors (Lipinski definition) is 1. The molecule has 0 saturated heterocycles. The van der Waals surface area contributed by atoms with Crippen LogP contribution in [0.2, 0.25) is 0 Å². The molecule has 2 rings (SSSR count). The van der Waals surface area contributed by atoms with Gasteiger partial charge in [0, 0.05) is 12.1 Å². The molecule has 4 nitrogen and oxygen atoms in total. The molecule has 0 saturated carbocycles. The molecular formula is C16H11F3N2O2. The molecule has 0 radical (unpaired) electrons. The van der Waals surface area contributed by atoms with Gasteiger partial charge in [0.2, 0.25) is 0 Å². The molecule has 118 valence electrons. The lowest BCUT2D eigenvalue weighted by Crippen LogP contribution is -2.25. The summed E-state index contributed by atoms with van der Waals surface area (Å²) in [6.45, 7) is -0.452. The predicted octanol–water partition coefficient (Wildman–Crippen LogP) is 2.94. The largest absolute Gasteiger partial charge is 0.489 e. The van der Waals surface area contributed by atoms with E-state index in [2.05, 4.69) is 5.32 Å². The van der Waals surface area contributed by atoms with E-state index < -0.39 is 28.9 Å². The second-order valence-corrected chi connectivity index (χ2v) is 4.52. The summed E-state index contributed by atoms with van der Waals surface area (Å²) in [6.07, 6.45) is 0. The number of halogens is 3. The van der Waals surface area contributed by atoms with Crippen LogP contribution in [0.25, 0.3) is 0 Å². The van der Waals surface area contributed by atoms with Crippen molar-refractivity contribution in [3.8, 4) is 11.8 Å². The van der Waals surface area contributed by atoms with E-state index >= 15 is 0 Å². The summed E-state index contributed by atoms with van der Waals surface area (Å²) in [7, 11) is 0. The van der Waals surface area contributed by atoms with E-state index in [1.807, 2.05) is 0 Å². The lowest BCUT2D eigenvalue weighted by molar-refractivity contribution is 0.0950. The first-order chi connectivity index (χ1) is 11.0. The van der Waals surface area contributed by atoms with Crippen molar-refractivity contribution >= 4 is 5.91 Å². The van der Waals surface area contributed by atoms with Crippen molar-refractivity contribution in [2.24, 2.45) is 0 Å². The molecule has 0 fully saturated rings. The maximum Gasteiger partial charge on any atom is 0.258 e. The van der Waals surface area contributed by atoms with Crippen LogP contribution in [0.4, 0.5) is 13.2 Å². The monoisotopic (exact) mass is 320 g/mol. The van der Waals surface area contributed by atoms with Gasteiger partial charge in [-0.05, 0) is 17.7 Å². The van der Waals surface area contributed by atoms with Crippen molar-refractivity contribution in [1.82, 2.24) is 5.32 Å². The molecule has 0 aliphatic carbocycles. The van der Waals surface area contributed by atoms with Gasteiger partial charge in [0.05, 0.1) is 6.07 Å². The minimum absolute atomic E-state index is 0.0867. The molecule has 0 aliphatic rings. The van der Waals surface area contributed by atoms with Crippen LogP contribution >= 0.6 is 0 Å². The van der Waals surface area contributed by atoms with Gasteiger partial charge >= 0.3 is 0 Å². The summed E-state index contributed by atoms with van der Waals surface area (Å²) in [4.78, 5) is 11.5. The summed E-state index contributed by atoms with van der Waals surface area (Å²) in [5.74, 6) is -3.85. The van der Waals surface area contributed by atoms with E-state index in [0.717, 1.165) is 12.1 Å². The van der Waals surface area contributed by atoms with Crippen LogP contribution in [0.5, 0.6) is 5.75 Å². The molecule has 0 spiro atoms. The summed E-state index contributed by atoms with van der Waals surface area (Å²) < 4.78 is 45.9. The van der Waals surface area contributed by atoms with Crippen molar-refractivity contribution in [2.45, 2.75) is 6.61 Å². The molecule has 0 atom stereocenters. The molecule has 23 heavy (non-hydrogen) atoms. The predicted molar refractivity (Wildman–Crippen MR) is 75.0 cm³/mol. The van der Waals surface area contributed by atoms with Crippen molar-refractivity contribution in [2.75, 3.05) is 6.54 Å². The molecule has 7 heteroatoms. The lowest BCUT2D eigenvalue weighted by Gasteiger charge is -2.09. The Balaban J connectivity index is 2.13. The van der Waals surface area contributed by atoms with Crippen LogP contribution in [0.15, 0.2) is 36.4 Å². The topological polar surface area (TPSA) is 62.1 Å². The van der Waals surface area contributed by atoms with Gasteiger partial charge in [0.25, 0.3) is 5.91 Å². The zero-order chi connectivity index (χ0) is 16.8. The summed E-state index contributed by atoms with van der Waals surface area (Å²) in [6, 6.07) is 8.91. The van der Waals surface area contributed by atoms with Gasteiger partial charge in [-0.3, -0.25) is 4.79 Å². The van der Waals surface area contributed by atoms with E-state index in [-0.39, 0.29) is 18.9 Å². The molecule has 2 aromatic carbocycles. The molecule has 2 aromatic rings. The molecule has 0 aliphatic heterocycles. The average Bonchev–Trinajstić information content (AvgIpc) is 2.50. The molecular weight excluding hydrogens is 309 g/mol. The minimum Gasteiger partial charge on any atom is -0.489 e. The number of hydrogen-bond acceptors (Lipinski definition) is 3. The van der Waals surface area contributed by atoms with E-state index in [1.165, 1.54) is 18.2 Å².